The van der Waals surface area contributed by atoms with Gasteiger partial charge in [-0.1, -0.05) is 5.16 Å². The van der Waals surface area contributed by atoms with Crippen LogP contribution in [0.25, 0.3) is 0 Å². The summed E-state index contributed by atoms with van der Waals surface area (Å²) in [5.41, 5.74) is 0. The predicted octanol–water partition coefficient (Wildman–Crippen LogP) is -1.43. The van der Waals surface area contributed by atoms with E-state index in [4.69, 9.17) is 20.2 Å². The third-order valence-corrected chi connectivity index (χ3v) is 1.40. The van der Waals surface area contributed by atoms with Gasteiger partial charge in [0.25, 0.3) is 0 Å². The summed E-state index contributed by atoms with van der Waals surface area (Å²) in [7, 11) is 0. The second-order valence-electron chi connectivity index (χ2n) is 2.12. The second kappa shape index (κ2) is 2.96. The smallest absolute Gasteiger partial charge is 0.124 e. The van der Waals surface area contributed by atoms with Gasteiger partial charge in [0.2, 0.25) is 0 Å². The highest BCUT2D eigenvalue weighted by molar-refractivity contribution is 5.63. The minimum absolute atomic E-state index is 0.0812. The monoisotopic (exact) mass is 147 g/mol. The van der Waals surface area contributed by atoms with Crippen LogP contribution < -0.4 is 0 Å². The molecular formula is C5H9NO4. The van der Waals surface area contributed by atoms with Gasteiger partial charge in [0.1, 0.15) is 18.3 Å². The van der Waals surface area contributed by atoms with E-state index >= 15 is 0 Å². The third-order valence-electron chi connectivity index (χ3n) is 1.40. The highest BCUT2D eigenvalue weighted by Gasteiger charge is 2.33. The molecule has 0 aliphatic carbocycles. The van der Waals surface area contributed by atoms with Crippen molar-refractivity contribution < 1.29 is 20.2 Å². The summed E-state index contributed by atoms with van der Waals surface area (Å²) >= 11 is 0. The average molecular weight is 147 g/mol. The quantitative estimate of drug-likeness (QED) is 0.241. The van der Waals surface area contributed by atoms with E-state index in [1.54, 1.807) is 0 Å². The molecule has 10 heavy (non-hydrogen) atoms. The van der Waals surface area contributed by atoms with E-state index in [9.17, 15) is 0 Å². The van der Waals surface area contributed by atoms with Crippen molar-refractivity contribution in [2.75, 3.05) is 6.61 Å². The first-order chi connectivity index (χ1) is 4.75. The summed E-state index contributed by atoms with van der Waals surface area (Å²) in [6.45, 7) is 0.0812. The predicted molar refractivity (Wildman–Crippen MR) is 32.0 cm³/mol. The van der Waals surface area contributed by atoms with Crippen LogP contribution in [0.1, 0.15) is 0 Å². The molecule has 3 atom stereocenters. The van der Waals surface area contributed by atoms with E-state index < -0.39 is 18.3 Å². The van der Waals surface area contributed by atoms with Gasteiger partial charge < -0.3 is 20.2 Å². The first-order valence-corrected chi connectivity index (χ1v) is 2.91. The zero-order valence-corrected chi connectivity index (χ0v) is 5.21. The van der Waals surface area contributed by atoms with Crippen molar-refractivity contribution in [1.29, 1.82) is 0 Å². The van der Waals surface area contributed by atoms with Crippen LogP contribution in [-0.4, -0.2) is 46.6 Å². The summed E-state index contributed by atoms with van der Waals surface area (Å²) in [5, 5.41) is 28.6. The molecule has 0 spiro atoms. The van der Waals surface area contributed by atoms with E-state index in [0.717, 1.165) is 6.21 Å². The van der Waals surface area contributed by atoms with Crippen LogP contribution in [-0.2, 0) is 4.74 Å². The molecule has 0 saturated carbocycles. The van der Waals surface area contributed by atoms with Crippen LogP contribution in [0.3, 0.4) is 0 Å². The molecule has 0 bridgehead atoms. The van der Waals surface area contributed by atoms with E-state index in [1.165, 1.54) is 0 Å². The topological polar surface area (TPSA) is 82.3 Å². The Balaban J connectivity index is 2.48. The van der Waals surface area contributed by atoms with Gasteiger partial charge in [0, 0.05) is 0 Å². The average Bonchev–Trinajstić information content (AvgIpc) is 2.20. The molecule has 0 aromatic heterocycles. The SMILES string of the molecule is ON=CC1OCC(O)C1O. The zero-order valence-electron chi connectivity index (χ0n) is 5.21. The highest BCUT2D eigenvalue weighted by Crippen LogP contribution is 2.11. The van der Waals surface area contributed by atoms with Gasteiger partial charge in [-0.3, -0.25) is 0 Å². The number of rotatable bonds is 1. The first-order valence-electron chi connectivity index (χ1n) is 2.91. The van der Waals surface area contributed by atoms with Gasteiger partial charge in [0.05, 0.1) is 12.8 Å². The molecule has 0 radical (unpaired) electrons. The summed E-state index contributed by atoms with van der Waals surface area (Å²) in [5.74, 6) is 0. The number of hydrogen-bond donors (Lipinski definition) is 3. The molecular weight excluding hydrogens is 138 g/mol. The molecule has 1 saturated heterocycles. The summed E-state index contributed by atoms with van der Waals surface area (Å²) in [6.07, 6.45) is -1.49. The number of oxime groups is 1. The minimum Gasteiger partial charge on any atom is -0.411 e. The zero-order chi connectivity index (χ0) is 7.56. The molecule has 0 amide bonds. The number of nitrogens with zero attached hydrogens (tertiary/aromatic N) is 1. The van der Waals surface area contributed by atoms with Gasteiger partial charge in [0.15, 0.2) is 0 Å². The largest absolute Gasteiger partial charge is 0.411 e. The fourth-order valence-corrected chi connectivity index (χ4v) is 0.823. The molecule has 58 valence electrons. The molecule has 3 unspecified atom stereocenters. The van der Waals surface area contributed by atoms with Gasteiger partial charge in [-0.15, -0.1) is 0 Å². The van der Waals surface area contributed by atoms with Gasteiger partial charge in [-0.2, -0.15) is 0 Å². The fraction of sp³-hybridized carbons (Fsp3) is 0.800. The maximum atomic E-state index is 9.01. The van der Waals surface area contributed by atoms with E-state index in [-0.39, 0.29) is 6.61 Å². The van der Waals surface area contributed by atoms with Crippen LogP contribution in [0.2, 0.25) is 0 Å². The molecule has 1 aliphatic heterocycles. The molecule has 1 aliphatic rings. The number of ether oxygens (including phenoxy) is 1. The Hall–Kier alpha value is -0.650. The minimum atomic E-state index is -0.976. The maximum absolute atomic E-state index is 9.01. The lowest BCUT2D eigenvalue weighted by Gasteiger charge is -2.07. The van der Waals surface area contributed by atoms with Crippen LogP contribution in [0.15, 0.2) is 5.16 Å². The lowest BCUT2D eigenvalue weighted by Crippen LogP contribution is -2.30. The Kier molecular flexibility index (Phi) is 2.21. The van der Waals surface area contributed by atoms with E-state index in [2.05, 4.69) is 5.16 Å². The summed E-state index contributed by atoms with van der Waals surface area (Å²) in [4.78, 5) is 0. The Bertz CT molecular complexity index is 138. The molecule has 0 aromatic rings. The van der Waals surface area contributed by atoms with Crippen molar-refractivity contribution in [2.24, 2.45) is 5.16 Å². The van der Waals surface area contributed by atoms with Crippen molar-refractivity contribution in [1.82, 2.24) is 0 Å². The van der Waals surface area contributed by atoms with Gasteiger partial charge in [-0.25, -0.2) is 0 Å². The fourth-order valence-electron chi connectivity index (χ4n) is 0.823. The van der Waals surface area contributed by atoms with Gasteiger partial charge >= 0.3 is 0 Å². The molecule has 5 nitrogen and oxygen atoms in total. The Morgan fingerprint density at radius 2 is 2.20 bits per heavy atom. The summed E-state index contributed by atoms with van der Waals surface area (Å²) < 4.78 is 4.81. The van der Waals surface area contributed by atoms with E-state index in [0.29, 0.717) is 0 Å². The van der Waals surface area contributed by atoms with Crippen LogP contribution >= 0.6 is 0 Å². The number of aliphatic hydroxyl groups excluding tert-OH is 2. The molecule has 5 heteroatoms. The Labute approximate surface area is 57.5 Å². The van der Waals surface area contributed by atoms with Gasteiger partial charge in [-0.05, 0) is 0 Å². The first kappa shape index (κ1) is 7.46. The van der Waals surface area contributed by atoms with Crippen molar-refractivity contribution in [3.63, 3.8) is 0 Å². The van der Waals surface area contributed by atoms with Crippen molar-refractivity contribution in [2.45, 2.75) is 18.3 Å². The van der Waals surface area contributed by atoms with Crippen molar-refractivity contribution >= 4 is 6.21 Å². The van der Waals surface area contributed by atoms with Crippen molar-refractivity contribution in [3.8, 4) is 0 Å². The lowest BCUT2D eigenvalue weighted by atomic mass is 10.2. The Morgan fingerprint density at radius 1 is 1.50 bits per heavy atom. The molecule has 1 fully saturated rings. The van der Waals surface area contributed by atoms with Crippen LogP contribution in [0.5, 0.6) is 0 Å². The lowest BCUT2D eigenvalue weighted by molar-refractivity contribution is 0.0476. The molecule has 1 rings (SSSR count). The highest BCUT2D eigenvalue weighted by atomic mass is 16.5. The normalized spacial score (nSPS) is 41.2. The van der Waals surface area contributed by atoms with Crippen LogP contribution in [0.4, 0.5) is 0 Å². The number of aliphatic hydroxyl groups is 2. The standard InChI is InChI=1S/C5H9NO4/c7-3-2-10-4(1-6-9)5(3)8/h1,3-5,7-9H,2H2. The van der Waals surface area contributed by atoms with Crippen molar-refractivity contribution in [3.05, 3.63) is 0 Å². The second-order valence-corrected chi connectivity index (χ2v) is 2.12. The maximum Gasteiger partial charge on any atom is 0.124 e. The number of hydrogen-bond acceptors (Lipinski definition) is 5. The Morgan fingerprint density at radius 3 is 2.60 bits per heavy atom. The molecule has 1 heterocycles. The van der Waals surface area contributed by atoms with Crippen LogP contribution in [0, 0.1) is 0 Å². The third kappa shape index (κ3) is 1.26. The van der Waals surface area contributed by atoms with E-state index in [1.807, 2.05) is 0 Å². The summed E-state index contributed by atoms with van der Waals surface area (Å²) in [6, 6.07) is 0. The molecule has 3 N–H and O–H groups in total. The molecule has 0 aromatic carbocycles.